The van der Waals surface area contributed by atoms with Crippen LogP contribution in [0.15, 0.2) is 30.3 Å². The fourth-order valence-corrected chi connectivity index (χ4v) is 2.56. The van der Waals surface area contributed by atoms with Gasteiger partial charge in [-0.3, -0.25) is 14.4 Å². The van der Waals surface area contributed by atoms with Crippen LogP contribution in [0, 0.1) is 5.92 Å². The molecule has 0 aliphatic rings. The van der Waals surface area contributed by atoms with Crippen molar-refractivity contribution >= 4 is 17.7 Å². The van der Waals surface area contributed by atoms with Gasteiger partial charge in [-0.2, -0.15) is 0 Å². The van der Waals surface area contributed by atoms with Crippen molar-refractivity contribution in [1.29, 1.82) is 0 Å². The van der Waals surface area contributed by atoms with Crippen LogP contribution in [0.3, 0.4) is 0 Å². The van der Waals surface area contributed by atoms with Crippen LogP contribution in [0.25, 0.3) is 0 Å². The second-order valence-electron chi connectivity index (χ2n) is 6.67. The lowest BCUT2D eigenvalue weighted by Crippen LogP contribution is -2.53. The van der Waals surface area contributed by atoms with Crippen LogP contribution in [0.1, 0.15) is 50.9 Å². The van der Waals surface area contributed by atoms with Gasteiger partial charge in [0.15, 0.2) is 0 Å². The van der Waals surface area contributed by atoms with Crippen molar-refractivity contribution in [3.8, 4) is 0 Å². The molecule has 26 heavy (non-hydrogen) atoms. The molecule has 1 atom stereocenters. The van der Waals surface area contributed by atoms with Crippen LogP contribution < -0.4 is 10.6 Å². The fraction of sp³-hybridized carbons (Fsp3) is 0.550. The highest BCUT2D eigenvalue weighted by atomic mass is 16.2. The molecular weight excluding hydrogens is 330 g/mol. The Morgan fingerprint density at radius 2 is 1.69 bits per heavy atom. The van der Waals surface area contributed by atoms with E-state index in [1.54, 1.807) is 24.3 Å². The zero-order valence-electron chi connectivity index (χ0n) is 16.2. The Morgan fingerprint density at radius 1 is 1.04 bits per heavy atom. The maximum Gasteiger partial charge on any atom is 0.251 e. The number of carbonyl (C=O) groups excluding carboxylic acids is 3. The van der Waals surface area contributed by atoms with E-state index >= 15 is 0 Å². The van der Waals surface area contributed by atoms with Gasteiger partial charge in [-0.1, -0.05) is 45.9 Å². The number of amides is 3. The highest BCUT2D eigenvalue weighted by Gasteiger charge is 2.29. The van der Waals surface area contributed by atoms with Crippen molar-refractivity contribution in [2.45, 2.75) is 46.6 Å². The molecule has 0 aliphatic carbocycles. The van der Waals surface area contributed by atoms with E-state index in [-0.39, 0.29) is 30.2 Å². The second kappa shape index (κ2) is 11.3. The first-order chi connectivity index (χ1) is 12.4. The maximum absolute atomic E-state index is 13.0. The zero-order chi connectivity index (χ0) is 19.5. The molecule has 1 unspecified atom stereocenters. The van der Waals surface area contributed by atoms with E-state index in [0.717, 1.165) is 12.8 Å². The summed E-state index contributed by atoms with van der Waals surface area (Å²) in [7, 11) is 0. The number of benzene rings is 1. The molecule has 0 heterocycles. The molecule has 6 heteroatoms. The van der Waals surface area contributed by atoms with Crippen LogP contribution in [0.2, 0.25) is 0 Å². The Bertz CT molecular complexity index is 587. The van der Waals surface area contributed by atoms with Crippen molar-refractivity contribution in [2.24, 2.45) is 5.92 Å². The molecule has 0 spiro atoms. The van der Waals surface area contributed by atoms with E-state index in [0.29, 0.717) is 18.7 Å². The minimum atomic E-state index is -0.673. The maximum atomic E-state index is 13.0. The van der Waals surface area contributed by atoms with Gasteiger partial charge in [0.2, 0.25) is 11.8 Å². The summed E-state index contributed by atoms with van der Waals surface area (Å²) in [4.78, 5) is 39.0. The molecule has 0 saturated carbocycles. The van der Waals surface area contributed by atoms with Crippen LogP contribution in [0.5, 0.6) is 0 Å². The number of nitrogens with zero attached hydrogens (tertiary/aromatic N) is 1. The average molecular weight is 361 g/mol. The van der Waals surface area contributed by atoms with Crippen LogP contribution in [-0.4, -0.2) is 48.3 Å². The predicted octanol–water partition coefficient (Wildman–Crippen LogP) is 2.21. The van der Waals surface area contributed by atoms with Gasteiger partial charge in [-0.25, -0.2) is 0 Å². The molecule has 6 nitrogen and oxygen atoms in total. The van der Waals surface area contributed by atoms with Crippen LogP contribution >= 0.6 is 0 Å². The summed E-state index contributed by atoms with van der Waals surface area (Å²) in [6.07, 6.45) is 1.58. The third-order valence-corrected chi connectivity index (χ3v) is 3.97. The Hall–Kier alpha value is -2.37. The highest BCUT2D eigenvalue weighted by molar-refractivity contribution is 5.98. The molecule has 144 valence electrons. The van der Waals surface area contributed by atoms with Crippen molar-refractivity contribution in [3.63, 3.8) is 0 Å². The van der Waals surface area contributed by atoms with E-state index in [2.05, 4.69) is 10.6 Å². The van der Waals surface area contributed by atoms with E-state index in [9.17, 15) is 14.4 Å². The predicted molar refractivity (Wildman–Crippen MR) is 103 cm³/mol. The normalized spacial score (nSPS) is 11.7. The molecule has 0 bridgehead atoms. The standard InChI is InChI=1S/C20H31N3O3/c1-5-12-21-17(24)14-23(13-6-2)20(26)18(15(3)4)22-19(25)16-10-8-7-9-11-16/h7-11,15,18H,5-6,12-14H2,1-4H3,(H,21,24)(H,22,25). The number of nitrogens with one attached hydrogen (secondary N) is 2. The second-order valence-corrected chi connectivity index (χ2v) is 6.67. The SMILES string of the molecule is CCCNC(=O)CN(CCC)C(=O)C(NC(=O)c1ccccc1)C(C)C. The van der Waals surface area contributed by atoms with E-state index in [1.165, 1.54) is 4.90 Å². The molecule has 0 saturated heterocycles. The monoisotopic (exact) mass is 361 g/mol. The van der Waals surface area contributed by atoms with E-state index < -0.39 is 6.04 Å². The summed E-state index contributed by atoms with van der Waals surface area (Å²) in [6.45, 7) is 8.77. The molecule has 0 fully saturated rings. The van der Waals surface area contributed by atoms with Gasteiger partial charge >= 0.3 is 0 Å². The first-order valence-electron chi connectivity index (χ1n) is 9.32. The van der Waals surface area contributed by atoms with Gasteiger partial charge in [0, 0.05) is 18.7 Å². The third kappa shape index (κ3) is 6.86. The number of rotatable bonds is 10. The quantitative estimate of drug-likeness (QED) is 0.671. The van der Waals surface area contributed by atoms with Crippen LogP contribution in [-0.2, 0) is 9.59 Å². The van der Waals surface area contributed by atoms with Gasteiger partial charge in [-0.05, 0) is 30.9 Å². The van der Waals surface area contributed by atoms with Gasteiger partial charge in [0.25, 0.3) is 5.91 Å². The first-order valence-corrected chi connectivity index (χ1v) is 9.32. The fourth-order valence-electron chi connectivity index (χ4n) is 2.56. The van der Waals surface area contributed by atoms with Crippen molar-refractivity contribution in [2.75, 3.05) is 19.6 Å². The summed E-state index contributed by atoms with van der Waals surface area (Å²) in [6, 6.07) is 8.14. The average Bonchev–Trinajstić information content (AvgIpc) is 2.63. The zero-order valence-corrected chi connectivity index (χ0v) is 16.2. The van der Waals surface area contributed by atoms with E-state index in [4.69, 9.17) is 0 Å². The van der Waals surface area contributed by atoms with Crippen molar-refractivity contribution in [3.05, 3.63) is 35.9 Å². The topological polar surface area (TPSA) is 78.5 Å². The summed E-state index contributed by atoms with van der Waals surface area (Å²) in [5.74, 6) is -0.777. The molecule has 1 aromatic rings. The molecule has 2 N–H and O–H groups in total. The minimum absolute atomic E-state index is 0.0110. The molecule has 1 aromatic carbocycles. The van der Waals surface area contributed by atoms with Gasteiger partial charge in [0.1, 0.15) is 6.04 Å². The molecular formula is C20H31N3O3. The van der Waals surface area contributed by atoms with Gasteiger partial charge < -0.3 is 15.5 Å². The number of hydrogen-bond acceptors (Lipinski definition) is 3. The third-order valence-electron chi connectivity index (χ3n) is 3.97. The van der Waals surface area contributed by atoms with Crippen LogP contribution in [0.4, 0.5) is 0 Å². The van der Waals surface area contributed by atoms with Gasteiger partial charge in [-0.15, -0.1) is 0 Å². The molecule has 3 amide bonds. The Balaban J connectivity index is 2.85. The Morgan fingerprint density at radius 3 is 2.23 bits per heavy atom. The first kappa shape index (κ1) is 21.7. The lowest BCUT2D eigenvalue weighted by atomic mass is 10.0. The Labute approximate surface area is 156 Å². The summed E-state index contributed by atoms with van der Waals surface area (Å²) in [5, 5.41) is 5.62. The largest absolute Gasteiger partial charge is 0.355 e. The summed E-state index contributed by atoms with van der Waals surface area (Å²) in [5.41, 5.74) is 0.508. The smallest absolute Gasteiger partial charge is 0.251 e. The molecule has 0 aliphatic heterocycles. The lowest BCUT2D eigenvalue weighted by molar-refractivity contribution is -0.138. The lowest BCUT2D eigenvalue weighted by Gasteiger charge is -2.29. The van der Waals surface area contributed by atoms with Gasteiger partial charge in [0.05, 0.1) is 6.54 Å². The summed E-state index contributed by atoms with van der Waals surface area (Å²) >= 11 is 0. The molecule has 1 rings (SSSR count). The van der Waals surface area contributed by atoms with E-state index in [1.807, 2.05) is 33.8 Å². The van der Waals surface area contributed by atoms with Crippen molar-refractivity contribution in [1.82, 2.24) is 15.5 Å². The Kier molecular flexibility index (Phi) is 9.41. The molecule has 0 radical (unpaired) electrons. The highest BCUT2D eigenvalue weighted by Crippen LogP contribution is 2.09. The number of carbonyl (C=O) groups is 3. The minimum Gasteiger partial charge on any atom is -0.355 e. The number of hydrogen-bond donors (Lipinski definition) is 2. The molecule has 0 aromatic heterocycles. The summed E-state index contributed by atoms with van der Waals surface area (Å²) < 4.78 is 0. The van der Waals surface area contributed by atoms with Crippen molar-refractivity contribution < 1.29 is 14.4 Å².